The van der Waals surface area contributed by atoms with Crippen molar-refractivity contribution >= 4 is 113 Å². The van der Waals surface area contributed by atoms with Gasteiger partial charge in [0.1, 0.15) is 22.1 Å². The standard InChI is InChI=1S/C58H36N4O2S6/c1-29-5-15-35(16-6-29)57(36-17-7-30(2)8-18-36)41-25-43(39-23-13-33(27-63)47-49(39)61-69-59-47)65-51(41)53-45(57)55-56(67-53)46-54(68-55)52-42(26-44(66-52)40-24-14-34(28-64)48-50(40)62-70-60-48)58(46,37-19-9-31(3)10-20-37)38-21-11-32(4)12-22-38/h5-28H,1-4H3. The number of benzene rings is 6. The second kappa shape index (κ2) is 15.4. The Morgan fingerprint density at radius 2 is 0.714 bits per heavy atom. The highest BCUT2D eigenvalue weighted by Gasteiger charge is 2.55. The van der Waals surface area contributed by atoms with Gasteiger partial charge in [-0.2, -0.15) is 17.5 Å². The maximum atomic E-state index is 12.2. The molecule has 12 aromatic rings. The average molecular weight is 1010 g/mol. The Labute approximate surface area is 426 Å². The zero-order valence-corrected chi connectivity index (χ0v) is 42.8. The van der Waals surface area contributed by atoms with Gasteiger partial charge in [-0.25, -0.2) is 0 Å². The molecule has 336 valence electrons. The van der Waals surface area contributed by atoms with Crippen molar-refractivity contribution in [2.75, 3.05) is 0 Å². The summed E-state index contributed by atoms with van der Waals surface area (Å²) in [6.07, 6.45) is 1.75. The molecule has 0 saturated heterocycles. The van der Waals surface area contributed by atoms with Gasteiger partial charge < -0.3 is 0 Å². The first-order valence-electron chi connectivity index (χ1n) is 22.8. The predicted molar refractivity (Wildman–Crippen MR) is 293 cm³/mol. The molecule has 0 bridgehead atoms. The summed E-state index contributed by atoms with van der Waals surface area (Å²) >= 11 is 9.82. The normalized spacial score (nSPS) is 14.1. The molecule has 0 spiro atoms. The highest BCUT2D eigenvalue weighted by molar-refractivity contribution is 7.35. The fraction of sp³-hybridized carbons (Fsp3) is 0.103. The summed E-state index contributed by atoms with van der Waals surface area (Å²) < 4.78 is 21.3. The molecule has 6 heterocycles. The van der Waals surface area contributed by atoms with Crippen molar-refractivity contribution in [3.05, 3.63) is 211 Å². The van der Waals surface area contributed by atoms with E-state index in [1.54, 1.807) is 0 Å². The summed E-state index contributed by atoms with van der Waals surface area (Å²) in [4.78, 5) is 31.7. The SMILES string of the molecule is Cc1ccc(C2(c3ccc(C)cc3)c3cc(-c4ccc(C=O)c5nsnc45)sc3-c3sc4c5c(sc4c32)-c2sc(-c3ccc(C=O)c4nsnc34)cc2C5(c2ccc(C)cc2)c2ccc(C)cc2)cc1. The van der Waals surface area contributed by atoms with E-state index in [1.165, 1.54) is 95.7 Å². The van der Waals surface area contributed by atoms with Gasteiger partial charge in [-0.15, -0.1) is 45.3 Å². The lowest BCUT2D eigenvalue weighted by Crippen LogP contribution is -2.28. The van der Waals surface area contributed by atoms with Crippen LogP contribution in [0.1, 0.15) is 87.5 Å². The van der Waals surface area contributed by atoms with E-state index in [0.29, 0.717) is 22.2 Å². The van der Waals surface area contributed by atoms with E-state index in [-0.39, 0.29) is 0 Å². The lowest BCUT2D eigenvalue weighted by atomic mass is 9.67. The second-order valence-corrected chi connectivity index (χ2v) is 23.7. The van der Waals surface area contributed by atoms with E-state index in [0.717, 1.165) is 67.9 Å². The number of thiophene rings is 4. The van der Waals surface area contributed by atoms with Gasteiger partial charge >= 0.3 is 0 Å². The topological polar surface area (TPSA) is 85.7 Å². The minimum absolute atomic E-state index is 0.551. The van der Waals surface area contributed by atoms with Gasteiger partial charge in [0.2, 0.25) is 0 Å². The van der Waals surface area contributed by atoms with Crippen LogP contribution in [0.25, 0.3) is 71.9 Å². The van der Waals surface area contributed by atoms with Crippen LogP contribution < -0.4 is 0 Å². The monoisotopic (exact) mass is 1010 g/mol. The molecule has 6 aromatic heterocycles. The number of aryl methyl sites for hydroxylation is 4. The Morgan fingerprint density at radius 1 is 0.386 bits per heavy atom. The third kappa shape index (κ3) is 5.62. The van der Waals surface area contributed by atoms with E-state index in [9.17, 15) is 9.59 Å². The van der Waals surface area contributed by atoms with Crippen LogP contribution in [0.15, 0.2) is 133 Å². The summed E-state index contributed by atoms with van der Waals surface area (Å²) in [5.74, 6) is 0. The fourth-order valence-electron chi connectivity index (χ4n) is 11.3. The maximum Gasteiger partial charge on any atom is 0.152 e. The molecule has 0 amide bonds. The summed E-state index contributed by atoms with van der Waals surface area (Å²) in [6.45, 7) is 8.64. The number of hydrogen-bond donors (Lipinski definition) is 0. The summed E-state index contributed by atoms with van der Waals surface area (Å²) in [7, 11) is 0. The van der Waals surface area contributed by atoms with Crippen LogP contribution in [-0.2, 0) is 10.8 Å². The molecular formula is C58H36N4O2S6. The Bertz CT molecular complexity index is 3790. The minimum Gasteiger partial charge on any atom is -0.298 e. The quantitative estimate of drug-likeness (QED) is 0.141. The van der Waals surface area contributed by atoms with Gasteiger partial charge in [-0.1, -0.05) is 131 Å². The highest BCUT2D eigenvalue weighted by Crippen LogP contribution is 2.70. The van der Waals surface area contributed by atoms with E-state index in [4.69, 9.17) is 8.75 Å². The number of hydrogen-bond acceptors (Lipinski definition) is 12. The summed E-state index contributed by atoms with van der Waals surface area (Å²) in [6, 6.07) is 49.5. The van der Waals surface area contributed by atoms with Crippen LogP contribution in [0.4, 0.5) is 0 Å². The van der Waals surface area contributed by atoms with Crippen LogP contribution in [0.2, 0.25) is 0 Å². The summed E-state index contributed by atoms with van der Waals surface area (Å²) in [5.41, 5.74) is 19.5. The largest absolute Gasteiger partial charge is 0.298 e. The lowest BCUT2D eigenvalue weighted by molar-refractivity contribution is 0.111. The molecule has 0 aliphatic heterocycles. The molecule has 0 unspecified atom stereocenters. The number of nitrogens with zero attached hydrogens (tertiary/aromatic N) is 4. The van der Waals surface area contributed by atoms with E-state index < -0.39 is 10.8 Å². The number of rotatable bonds is 8. The zero-order valence-electron chi connectivity index (χ0n) is 37.9. The van der Waals surface area contributed by atoms with Crippen LogP contribution in [0.5, 0.6) is 0 Å². The number of carbonyl (C=O) groups excluding carboxylic acids is 2. The first-order valence-corrected chi connectivity index (χ1v) is 27.5. The molecule has 12 heteroatoms. The molecule has 6 aromatic carbocycles. The fourth-order valence-corrected chi connectivity index (χ4v) is 18.3. The Morgan fingerprint density at radius 3 is 1.04 bits per heavy atom. The van der Waals surface area contributed by atoms with Crippen molar-refractivity contribution in [3.8, 4) is 40.4 Å². The van der Waals surface area contributed by atoms with Crippen LogP contribution in [0.3, 0.4) is 0 Å². The molecular weight excluding hydrogens is 977 g/mol. The number of aromatic nitrogens is 4. The van der Waals surface area contributed by atoms with Gasteiger partial charge in [-0.05, 0) is 85.3 Å². The van der Waals surface area contributed by atoms with Crippen molar-refractivity contribution in [3.63, 3.8) is 0 Å². The van der Waals surface area contributed by atoms with E-state index in [2.05, 4.69) is 146 Å². The van der Waals surface area contributed by atoms with Crippen molar-refractivity contribution in [2.45, 2.75) is 38.5 Å². The molecule has 0 fully saturated rings. The van der Waals surface area contributed by atoms with Gasteiger partial charge in [0.05, 0.1) is 63.2 Å². The predicted octanol–water partition coefficient (Wildman–Crippen LogP) is 16.0. The van der Waals surface area contributed by atoms with E-state index in [1.807, 2.05) is 69.6 Å². The van der Waals surface area contributed by atoms with Crippen molar-refractivity contribution in [1.29, 1.82) is 0 Å². The smallest absolute Gasteiger partial charge is 0.152 e. The molecule has 14 rings (SSSR count). The highest BCUT2D eigenvalue weighted by atomic mass is 32.1. The molecule has 70 heavy (non-hydrogen) atoms. The van der Waals surface area contributed by atoms with Gasteiger partial charge in [0.15, 0.2) is 12.6 Å². The van der Waals surface area contributed by atoms with Crippen LogP contribution in [-0.4, -0.2) is 30.1 Å². The zero-order chi connectivity index (χ0) is 47.2. The maximum absolute atomic E-state index is 12.2. The third-order valence-electron chi connectivity index (χ3n) is 14.6. The first-order chi connectivity index (χ1) is 34.2. The number of carbonyl (C=O) groups is 2. The minimum atomic E-state index is -0.663. The van der Waals surface area contributed by atoms with Crippen molar-refractivity contribution < 1.29 is 9.59 Å². The molecule has 2 aliphatic carbocycles. The van der Waals surface area contributed by atoms with Gasteiger partial charge in [-0.3, -0.25) is 9.59 Å². The van der Waals surface area contributed by atoms with Crippen LogP contribution >= 0.6 is 68.8 Å². The molecule has 6 nitrogen and oxygen atoms in total. The number of aldehydes is 2. The Kier molecular flexibility index (Phi) is 9.31. The first kappa shape index (κ1) is 42.3. The molecule has 0 radical (unpaired) electrons. The van der Waals surface area contributed by atoms with Crippen molar-refractivity contribution in [1.82, 2.24) is 17.5 Å². The molecule has 0 N–H and O–H groups in total. The summed E-state index contributed by atoms with van der Waals surface area (Å²) in [5, 5.41) is 0. The Balaban J connectivity index is 1.12. The molecule has 2 aliphatic rings. The average Bonchev–Trinajstić information content (AvgIpc) is 4.25. The van der Waals surface area contributed by atoms with Crippen LogP contribution in [0, 0.1) is 27.7 Å². The molecule has 0 atom stereocenters. The van der Waals surface area contributed by atoms with Gasteiger partial charge in [0, 0.05) is 43.1 Å². The van der Waals surface area contributed by atoms with E-state index >= 15 is 0 Å². The molecule has 0 saturated carbocycles. The third-order valence-corrected chi connectivity index (χ3v) is 20.8. The second-order valence-electron chi connectivity index (χ2n) is 18.5. The van der Waals surface area contributed by atoms with Gasteiger partial charge in [0.25, 0.3) is 0 Å². The number of fused-ring (bicyclic) bond motifs is 11. The Hall–Kier alpha value is -6.64. The van der Waals surface area contributed by atoms with Crippen molar-refractivity contribution in [2.24, 2.45) is 0 Å². The lowest BCUT2D eigenvalue weighted by Gasteiger charge is -2.34.